The van der Waals surface area contributed by atoms with Gasteiger partial charge in [0.15, 0.2) is 17.3 Å². The summed E-state index contributed by atoms with van der Waals surface area (Å²) < 4.78 is 17.5. The Bertz CT molecular complexity index is 1090. The van der Waals surface area contributed by atoms with E-state index in [4.69, 9.17) is 14.2 Å². The Hall–Kier alpha value is -3.18. The molecule has 3 aromatic carbocycles. The molecule has 160 valence electrons. The van der Waals surface area contributed by atoms with E-state index in [1.807, 2.05) is 30.3 Å². The lowest BCUT2D eigenvalue weighted by Gasteiger charge is -2.34. The second-order valence-corrected chi connectivity index (χ2v) is 8.15. The molecule has 0 bridgehead atoms. The lowest BCUT2D eigenvalue weighted by molar-refractivity contribution is 0.310. The molecule has 1 N–H and O–H groups in total. The predicted octanol–water partition coefficient (Wildman–Crippen LogP) is 4.97. The van der Waals surface area contributed by atoms with E-state index in [1.165, 1.54) is 5.69 Å². The van der Waals surface area contributed by atoms with Crippen LogP contribution in [0.3, 0.4) is 0 Å². The summed E-state index contributed by atoms with van der Waals surface area (Å²) in [5.74, 6) is 4.00. The fourth-order valence-corrected chi connectivity index (χ4v) is 4.45. The average molecular weight is 417 g/mol. The molecule has 2 aliphatic rings. The van der Waals surface area contributed by atoms with E-state index >= 15 is 0 Å². The first-order valence-corrected chi connectivity index (χ1v) is 11.0. The van der Waals surface area contributed by atoms with E-state index in [9.17, 15) is 0 Å². The van der Waals surface area contributed by atoms with Crippen LogP contribution >= 0.6 is 0 Å². The third-order valence-corrected chi connectivity index (χ3v) is 6.17. The minimum absolute atomic E-state index is 0.657. The van der Waals surface area contributed by atoms with Gasteiger partial charge >= 0.3 is 0 Å². The summed E-state index contributed by atoms with van der Waals surface area (Å²) in [5, 5.41) is 5.80. The van der Waals surface area contributed by atoms with Gasteiger partial charge in [0.1, 0.15) is 12.0 Å². The smallest absolute Gasteiger partial charge is 0.177 e. The van der Waals surface area contributed by atoms with E-state index in [2.05, 4.69) is 40.5 Å². The molecule has 1 fully saturated rings. The molecule has 0 radical (unpaired) electrons. The zero-order valence-electron chi connectivity index (χ0n) is 17.8. The van der Waals surface area contributed by atoms with Crippen molar-refractivity contribution in [3.8, 4) is 17.2 Å². The van der Waals surface area contributed by atoms with Crippen molar-refractivity contribution in [2.24, 2.45) is 5.92 Å². The molecule has 1 saturated heterocycles. The quantitative estimate of drug-likeness (QED) is 0.615. The van der Waals surface area contributed by atoms with Crippen LogP contribution in [-0.2, 0) is 0 Å². The number of rotatable bonds is 6. The Kier molecular flexibility index (Phi) is 5.67. The van der Waals surface area contributed by atoms with E-state index in [-0.39, 0.29) is 0 Å². The van der Waals surface area contributed by atoms with Gasteiger partial charge in [0.25, 0.3) is 0 Å². The normalized spacial score (nSPS) is 16.3. The summed E-state index contributed by atoms with van der Waals surface area (Å²) in [5.41, 5.74) is 1.19. The van der Waals surface area contributed by atoms with E-state index in [1.54, 1.807) is 13.4 Å². The van der Waals surface area contributed by atoms with Crippen molar-refractivity contribution >= 4 is 16.5 Å². The van der Waals surface area contributed by atoms with Gasteiger partial charge in [0.2, 0.25) is 0 Å². The third-order valence-electron chi connectivity index (χ3n) is 6.17. The van der Waals surface area contributed by atoms with Crippen LogP contribution in [0.5, 0.6) is 17.2 Å². The van der Waals surface area contributed by atoms with Crippen LogP contribution in [0.4, 0.5) is 5.69 Å². The number of anilines is 1. The maximum Gasteiger partial charge on any atom is 0.177 e. The number of nitrogens with one attached hydrogen (secondary N) is 1. The maximum atomic E-state index is 6.19. The zero-order chi connectivity index (χ0) is 21.0. The largest absolute Gasteiger partial charge is 0.495 e. The van der Waals surface area contributed by atoms with Gasteiger partial charge in [0, 0.05) is 18.5 Å². The molecule has 5 rings (SSSR count). The van der Waals surface area contributed by atoms with Gasteiger partial charge < -0.3 is 24.4 Å². The van der Waals surface area contributed by atoms with Gasteiger partial charge in [-0.25, -0.2) is 0 Å². The Morgan fingerprint density at radius 2 is 1.81 bits per heavy atom. The van der Waals surface area contributed by atoms with Crippen molar-refractivity contribution < 1.29 is 14.2 Å². The molecule has 2 heterocycles. The van der Waals surface area contributed by atoms with Crippen LogP contribution < -0.4 is 24.4 Å². The molecular weight excluding hydrogens is 388 g/mol. The van der Waals surface area contributed by atoms with Gasteiger partial charge in [-0.05, 0) is 48.9 Å². The van der Waals surface area contributed by atoms with E-state index in [0.29, 0.717) is 12.5 Å². The first-order chi connectivity index (χ1) is 15.3. The molecule has 2 aliphatic heterocycles. The molecule has 0 saturated carbocycles. The Morgan fingerprint density at radius 1 is 1.00 bits per heavy atom. The van der Waals surface area contributed by atoms with Crippen LogP contribution in [0.2, 0.25) is 0 Å². The number of hydrogen-bond acceptors (Lipinski definition) is 5. The number of fused-ring (bicyclic) bond motifs is 3. The van der Waals surface area contributed by atoms with Crippen molar-refractivity contribution in [2.75, 3.05) is 38.2 Å². The fourth-order valence-electron chi connectivity index (χ4n) is 4.45. The number of benzene rings is 3. The summed E-state index contributed by atoms with van der Waals surface area (Å²) in [6.45, 7) is 3.74. The minimum Gasteiger partial charge on any atom is -0.495 e. The van der Waals surface area contributed by atoms with Gasteiger partial charge in [-0.1, -0.05) is 42.5 Å². The first-order valence-electron chi connectivity index (χ1n) is 11.0. The number of para-hydroxylation sites is 2. The topological polar surface area (TPSA) is 43.0 Å². The molecule has 0 spiro atoms. The van der Waals surface area contributed by atoms with Gasteiger partial charge in [0.05, 0.1) is 19.3 Å². The molecule has 31 heavy (non-hydrogen) atoms. The predicted molar refractivity (Wildman–Crippen MR) is 124 cm³/mol. The van der Waals surface area contributed by atoms with Crippen LogP contribution in [-0.4, -0.2) is 33.3 Å². The molecule has 0 unspecified atom stereocenters. The molecule has 0 amide bonds. The van der Waals surface area contributed by atoms with Crippen LogP contribution in [0.1, 0.15) is 12.8 Å². The molecule has 0 atom stereocenters. The van der Waals surface area contributed by atoms with Gasteiger partial charge in [-0.15, -0.1) is 0 Å². The molecule has 5 nitrogen and oxygen atoms in total. The number of nitrogens with zero attached hydrogens (tertiary/aromatic N) is 1. The highest BCUT2D eigenvalue weighted by molar-refractivity contribution is 5.91. The van der Waals surface area contributed by atoms with Gasteiger partial charge in [-0.3, -0.25) is 0 Å². The summed E-state index contributed by atoms with van der Waals surface area (Å²) in [6.07, 6.45) is 4.04. The number of hydrogen-bond donors (Lipinski definition) is 1. The highest BCUT2D eigenvalue weighted by Crippen LogP contribution is 2.39. The second-order valence-electron chi connectivity index (χ2n) is 8.15. The molecule has 3 aromatic rings. The lowest BCUT2D eigenvalue weighted by atomic mass is 9.96. The standard InChI is InChI=1S/C26H28N2O3/c1-29-24-9-5-4-8-23(24)28-14-12-19(13-15-28)16-27-17-21-18-30-25-11-10-20-6-2-3-7-22(20)26(25)31-21/h2-11,18-19,27H,12-17H2,1H3. The van der Waals surface area contributed by atoms with Crippen molar-refractivity contribution in [1.82, 2.24) is 5.32 Å². The van der Waals surface area contributed by atoms with Crippen molar-refractivity contribution in [3.63, 3.8) is 0 Å². The van der Waals surface area contributed by atoms with Crippen LogP contribution in [0.25, 0.3) is 10.8 Å². The summed E-state index contributed by atoms with van der Waals surface area (Å²) in [6, 6.07) is 20.5. The zero-order valence-corrected chi connectivity index (χ0v) is 17.8. The highest BCUT2D eigenvalue weighted by atomic mass is 16.6. The first kappa shape index (κ1) is 19.8. The van der Waals surface area contributed by atoms with Crippen LogP contribution in [0.15, 0.2) is 72.7 Å². The second kappa shape index (κ2) is 8.90. The van der Waals surface area contributed by atoms with Crippen molar-refractivity contribution in [2.45, 2.75) is 12.8 Å². The molecule has 0 aromatic heterocycles. The monoisotopic (exact) mass is 416 g/mol. The van der Waals surface area contributed by atoms with Crippen LogP contribution in [0, 0.1) is 5.92 Å². The molecule has 5 heteroatoms. The number of ether oxygens (including phenoxy) is 3. The summed E-state index contributed by atoms with van der Waals surface area (Å²) >= 11 is 0. The maximum absolute atomic E-state index is 6.19. The van der Waals surface area contributed by atoms with E-state index < -0.39 is 0 Å². The van der Waals surface area contributed by atoms with Gasteiger partial charge in [-0.2, -0.15) is 0 Å². The lowest BCUT2D eigenvalue weighted by Crippen LogP contribution is -2.38. The SMILES string of the molecule is COc1ccccc1N1CCC(CNCC2=COc3ccc4ccccc4c3O2)CC1. The Balaban J connectivity index is 1.13. The highest BCUT2D eigenvalue weighted by Gasteiger charge is 2.22. The summed E-state index contributed by atoms with van der Waals surface area (Å²) in [7, 11) is 1.74. The molecule has 0 aliphatic carbocycles. The van der Waals surface area contributed by atoms with Crippen molar-refractivity contribution in [1.29, 1.82) is 0 Å². The Morgan fingerprint density at radius 3 is 2.68 bits per heavy atom. The van der Waals surface area contributed by atoms with E-state index in [0.717, 1.165) is 66.3 Å². The summed E-state index contributed by atoms with van der Waals surface area (Å²) in [4.78, 5) is 2.43. The minimum atomic E-state index is 0.657. The fraction of sp³-hybridized carbons (Fsp3) is 0.308. The van der Waals surface area contributed by atoms with Crippen molar-refractivity contribution in [3.05, 3.63) is 72.7 Å². The molecular formula is C26H28N2O3. The average Bonchev–Trinajstić information content (AvgIpc) is 2.84. The third kappa shape index (κ3) is 4.19. The number of methoxy groups -OCH3 is 1. The Labute approximate surface area is 183 Å². The number of piperidine rings is 1.